The van der Waals surface area contributed by atoms with Crippen molar-refractivity contribution in [1.82, 2.24) is 5.32 Å². The second kappa shape index (κ2) is 8.83. The van der Waals surface area contributed by atoms with Crippen LogP contribution in [0.25, 0.3) is 0 Å². The van der Waals surface area contributed by atoms with E-state index in [0.29, 0.717) is 13.2 Å². The molecule has 0 aromatic heterocycles. The van der Waals surface area contributed by atoms with Gasteiger partial charge >= 0.3 is 0 Å². The molecule has 0 atom stereocenters. The molecule has 1 N–H and O–H groups in total. The summed E-state index contributed by atoms with van der Waals surface area (Å²) in [5.41, 5.74) is 3.63. The van der Waals surface area contributed by atoms with Crippen LogP contribution in [0.2, 0.25) is 0 Å². The Labute approximate surface area is 120 Å². The van der Waals surface area contributed by atoms with Crippen molar-refractivity contribution in [2.75, 3.05) is 20.3 Å². The molecular formula is C15H22ClNO2. The third kappa shape index (κ3) is 5.53. The zero-order valence-corrected chi connectivity index (χ0v) is 12.6. The molecule has 0 saturated carbocycles. The Bertz CT molecular complexity index is 419. The first-order valence-corrected chi connectivity index (χ1v) is 6.93. The highest BCUT2D eigenvalue weighted by atomic mass is 35.5. The van der Waals surface area contributed by atoms with Crippen LogP contribution in [-0.4, -0.2) is 20.3 Å². The molecule has 0 aliphatic heterocycles. The number of rotatable bonds is 8. The summed E-state index contributed by atoms with van der Waals surface area (Å²) in [6.45, 7) is 5.97. The highest BCUT2D eigenvalue weighted by Crippen LogP contribution is 2.25. The van der Waals surface area contributed by atoms with Crippen LogP contribution < -0.4 is 14.8 Å². The van der Waals surface area contributed by atoms with Gasteiger partial charge < -0.3 is 14.8 Å². The minimum atomic E-state index is 0.484. The Kier molecular flexibility index (Phi) is 7.38. The molecule has 0 saturated heterocycles. The highest BCUT2D eigenvalue weighted by Gasteiger charge is 2.06. The van der Waals surface area contributed by atoms with E-state index in [1.54, 1.807) is 0 Å². The summed E-state index contributed by atoms with van der Waals surface area (Å²) in [5.74, 6) is 1.67. The Morgan fingerprint density at radius 2 is 2.16 bits per heavy atom. The van der Waals surface area contributed by atoms with Crippen molar-refractivity contribution in [3.05, 3.63) is 34.9 Å². The largest absolute Gasteiger partial charge is 0.493 e. The SMILES string of the molecule is CCCOc1ccc(CNC)c(OC/C(C)=C/Cl)c1. The maximum absolute atomic E-state index is 5.79. The molecule has 0 aliphatic rings. The number of ether oxygens (including phenoxy) is 2. The van der Waals surface area contributed by atoms with Gasteiger partial charge in [-0.25, -0.2) is 0 Å². The quantitative estimate of drug-likeness (QED) is 0.789. The lowest BCUT2D eigenvalue weighted by Crippen LogP contribution is -2.09. The Balaban J connectivity index is 2.81. The van der Waals surface area contributed by atoms with E-state index >= 15 is 0 Å². The standard InChI is InChI=1S/C15H22ClNO2/c1-4-7-18-14-6-5-13(10-17-3)15(8-14)19-11-12(2)9-16/h5-6,8-9,17H,4,7,10-11H2,1-3H3/b12-9+. The summed E-state index contributed by atoms with van der Waals surface area (Å²) < 4.78 is 11.4. The summed E-state index contributed by atoms with van der Waals surface area (Å²) in [5, 5.41) is 3.13. The average Bonchev–Trinajstić information content (AvgIpc) is 2.44. The fraction of sp³-hybridized carbons (Fsp3) is 0.467. The molecule has 0 aliphatic carbocycles. The fourth-order valence-corrected chi connectivity index (χ4v) is 1.60. The molecule has 19 heavy (non-hydrogen) atoms. The first-order valence-electron chi connectivity index (χ1n) is 6.50. The van der Waals surface area contributed by atoms with Crippen LogP contribution >= 0.6 is 11.6 Å². The molecule has 0 unspecified atom stereocenters. The minimum Gasteiger partial charge on any atom is -0.493 e. The van der Waals surface area contributed by atoms with Crippen LogP contribution in [0.4, 0.5) is 0 Å². The molecule has 0 amide bonds. The molecular weight excluding hydrogens is 262 g/mol. The van der Waals surface area contributed by atoms with Crippen LogP contribution in [0.3, 0.4) is 0 Å². The van der Waals surface area contributed by atoms with Gasteiger partial charge in [0.15, 0.2) is 0 Å². The van der Waals surface area contributed by atoms with Crippen molar-refractivity contribution >= 4 is 11.6 Å². The normalized spacial score (nSPS) is 11.5. The zero-order chi connectivity index (χ0) is 14.1. The molecule has 3 nitrogen and oxygen atoms in total. The monoisotopic (exact) mass is 283 g/mol. The van der Waals surface area contributed by atoms with E-state index in [2.05, 4.69) is 12.2 Å². The van der Waals surface area contributed by atoms with E-state index in [9.17, 15) is 0 Å². The van der Waals surface area contributed by atoms with Gasteiger partial charge in [-0.2, -0.15) is 0 Å². The van der Waals surface area contributed by atoms with E-state index in [0.717, 1.165) is 35.6 Å². The Morgan fingerprint density at radius 3 is 2.79 bits per heavy atom. The van der Waals surface area contributed by atoms with Crippen molar-refractivity contribution in [2.24, 2.45) is 0 Å². The third-order valence-corrected chi connectivity index (χ3v) is 2.89. The van der Waals surface area contributed by atoms with Crippen LogP contribution in [0, 0.1) is 0 Å². The molecule has 106 valence electrons. The van der Waals surface area contributed by atoms with Crippen molar-refractivity contribution in [3.8, 4) is 11.5 Å². The maximum Gasteiger partial charge on any atom is 0.127 e. The molecule has 0 radical (unpaired) electrons. The maximum atomic E-state index is 5.79. The van der Waals surface area contributed by atoms with Crippen molar-refractivity contribution < 1.29 is 9.47 Å². The number of halogens is 1. The second-order valence-electron chi connectivity index (χ2n) is 4.39. The summed E-state index contributed by atoms with van der Waals surface area (Å²) in [7, 11) is 1.91. The van der Waals surface area contributed by atoms with Gasteiger partial charge in [0, 0.05) is 23.7 Å². The van der Waals surface area contributed by atoms with Crippen LogP contribution in [-0.2, 0) is 6.54 Å². The fourth-order valence-electron chi connectivity index (χ4n) is 1.54. The highest BCUT2D eigenvalue weighted by molar-refractivity contribution is 6.25. The molecule has 1 rings (SSSR count). The summed E-state index contributed by atoms with van der Waals surface area (Å²) >= 11 is 5.64. The lowest BCUT2D eigenvalue weighted by Gasteiger charge is -2.13. The Morgan fingerprint density at radius 1 is 1.37 bits per heavy atom. The van der Waals surface area contributed by atoms with Gasteiger partial charge in [0.1, 0.15) is 18.1 Å². The molecule has 0 spiro atoms. The van der Waals surface area contributed by atoms with Crippen LogP contribution in [0.15, 0.2) is 29.3 Å². The predicted molar refractivity (Wildman–Crippen MR) is 80.1 cm³/mol. The summed E-state index contributed by atoms with van der Waals surface area (Å²) in [6.07, 6.45) is 0.989. The first kappa shape index (κ1) is 15.9. The lowest BCUT2D eigenvalue weighted by atomic mass is 10.2. The lowest BCUT2D eigenvalue weighted by molar-refractivity contribution is 0.310. The van der Waals surface area contributed by atoms with E-state index in [1.807, 2.05) is 32.2 Å². The topological polar surface area (TPSA) is 30.5 Å². The van der Waals surface area contributed by atoms with E-state index < -0.39 is 0 Å². The summed E-state index contributed by atoms with van der Waals surface area (Å²) in [4.78, 5) is 0. The van der Waals surface area contributed by atoms with Crippen LogP contribution in [0.1, 0.15) is 25.8 Å². The molecule has 0 heterocycles. The van der Waals surface area contributed by atoms with Crippen molar-refractivity contribution in [1.29, 1.82) is 0 Å². The van der Waals surface area contributed by atoms with Crippen molar-refractivity contribution in [2.45, 2.75) is 26.8 Å². The second-order valence-corrected chi connectivity index (χ2v) is 4.61. The van der Waals surface area contributed by atoms with E-state index in [4.69, 9.17) is 21.1 Å². The van der Waals surface area contributed by atoms with Crippen LogP contribution in [0.5, 0.6) is 11.5 Å². The van der Waals surface area contributed by atoms with Gasteiger partial charge in [0.05, 0.1) is 6.61 Å². The van der Waals surface area contributed by atoms with Gasteiger partial charge in [-0.15, -0.1) is 0 Å². The number of nitrogens with one attached hydrogen (secondary N) is 1. The minimum absolute atomic E-state index is 0.484. The molecule has 1 aromatic carbocycles. The third-order valence-electron chi connectivity index (χ3n) is 2.52. The average molecular weight is 284 g/mol. The van der Waals surface area contributed by atoms with Gasteiger partial charge in [0.2, 0.25) is 0 Å². The van der Waals surface area contributed by atoms with Gasteiger partial charge in [-0.3, -0.25) is 0 Å². The molecule has 4 heteroatoms. The number of hydrogen-bond acceptors (Lipinski definition) is 3. The molecule has 1 aromatic rings. The van der Waals surface area contributed by atoms with Gasteiger partial charge in [-0.05, 0) is 32.0 Å². The smallest absolute Gasteiger partial charge is 0.127 e. The van der Waals surface area contributed by atoms with Gasteiger partial charge in [-0.1, -0.05) is 24.6 Å². The Hall–Kier alpha value is -1.19. The summed E-state index contributed by atoms with van der Waals surface area (Å²) in [6, 6.07) is 5.93. The first-order chi connectivity index (χ1) is 9.21. The van der Waals surface area contributed by atoms with E-state index in [-0.39, 0.29) is 0 Å². The number of benzene rings is 1. The van der Waals surface area contributed by atoms with E-state index in [1.165, 1.54) is 5.54 Å². The zero-order valence-electron chi connectivity index (χ0n) is 11.8. The molecule has 0 bridgehead atoms. The van der Waals surface area contributed by atoms with Crippen molar-refractivity contribution in [3.63, 3.8) is 0 Å². The predicted octanol–water partition coefficient (Wildman–Crippen LogP) is 3.72. The molecule has 0 fully saturated rings. The van der Waals surface area contributed by atoms with Gasteiger partial charge in [0.25, 0.3) is 0 Å². The number of hydrogen-bond donors (Lipinski definition) is 1.